The van der Waals surface area contributed by atoms with Crippen LogP contribution >= 0.6 is 34.4 Å². The second-order valence-corrected chi connectivity index (χ2v) is 10.0. The molecule has 1 saturated carbocycles. The van der Waals surface area contributed by atoms with E-state index in [1.54, 1.807) is 22.7 Å². The van der Waals surface area contributed by atoms with Crippen molar-refractivity contribution in [1.82, 2.24) is 20.1 Å². The molecule has 1 fully saturated rings. The summed E-state index contributed by atoms with van der Waals surface area (Å²) in [5.74, 6) is 1.06. The fourth-order valence-electron chi connectivity index (χ4n) is 2.90. The van der Waals surface area contributed by atoms with Crippen LogP contribution in [0.3, 0.4) is 0 Å². The van der Waals surface area contributed by atoms with Gasteiger partial charge in [0, 0.05) is 28.8 Å². The molecule has 0 saturated heterocycles. The number of aromatic nitrogens is 3. The third-order valence-corrected chi connectivity index (χ3v) is 7.33. The lowest BCUT2D eigenvalue weighted by Crippen LogP contribution is -2.32. The largest absolute Gasteiger partial charge is 0.355 e. The average Bonchev–Trinajstić information content (AvgIpc) is 3.06. The first kappa shape index (κ1) is 18.7. The van der Waals surface area contributed by atoms with Crippen LogP contribution in [-0.4, -0.2) is 32.5 Å². The summed E-state index contributed by atoms with van der Waals surface area (Å²) in [6, 6.07) is 8.83. The van der Waals surface area contributed by atoms with Crippen molar-refractivity contribution in [3.63, 3.8) is 0 Å². The number of nitrogens with zero attached hydrogens (tertiary/aromatic N) is 3. The normalized spacial score (nSPS) is 15.0. The van der Waals surface area contributed by atoms with E-state index >= 15 is 0 Å². The lowest BCUT2D eigenvalue weighted by atomic mass is 10.3. The van der Waals surface area contributed by atoms with Crippen molar-refractivity contribution in [2.75, 3.05) is 6.54 Å². The molecule has 1 N–H and O–H groups in total. The van der Waals surface area contributed by atoms with E-state index in [0.717, 1.165) is 23.8 Å². The number of rotatable bonds is 9. The van der Waals surface area contributed by atoms with Gasteiger partial charge < -0.3 is 9.88 Å². The molecule has 1 unspecified atom stereocenters. The van der Waals surface area contributed by atoms with Crippen LogP contribution in [-0.2, 0) is 17.6 Å². The van der Waals surface area contributed by atoms with E-state index in [1.165, 1.54) is 34.4 Å². The second-order valence-electron chi connectivity index (χ2n) is 6.64. The van der Waals surface area contributed by atoms with Gasteiger partial charge in [-0.25, -0.2) is 0 Å². The van der Waals surface area contributed by atoms with Gasteiger partial charge in [-0.05, 0) is 49.1 Å². The van der Waals surface area contributed by atoms with Gasteiger partial charge in [-0.2, -0.15) is 0 Å². The summed E-state index contributed by atoms with van der Waals surface area (Å²) in [6.45, 7) is 2.61. The van der Waals surface area contributed by atoms with Crippen molar-refractivity contribution < 1.29 is 4.79 Å². The minimum Gasteiger partial charge on any atom is -0.355 e. The number of amides is 1. The fraction of sp³-hybridized carbons (Fsp3) is 0.421. The van der Waals surface area contributed by atoms with E-state index in [2.05, 4.69) is 49.0 Å². The molecule has 5 nitrogen and oxygen atoms in total. The van der Waals surface area contributed by atoms with Crippen molar-refractivity contribution in [2.24, 2.45) is 0 Å². The highest BCUT2D eigenvalue weighted by molar-refractivity contribution is 8.00. The lowest BCUT2D eigenvalue weighted by Gasteiger charge is -2.13. The number of carbonyl (C=O) groups is 1. The van der Waals surface area contributed by atoms with E-state index in [0.29, 0.717) is 12.6 Å². The molecular formula is C19H22N4OS3. The summed E-state index contributed by atoms with van der Waals surface area (Å²) in [6.07, 6.45) is 4.03. The topological polar surface area (TPSA) is 59.8 Å². The van der Waals surface area contributed by atoms with Gasteiger partial charge in [0.2, 0.25) is 5.91 Å². The lowest BCUT2D eigenvalue weighted by molar-refractivity contribution is -0.120. The van der Waals surface area contributed by atoms with E-state index in [-0.39, 0.29) is 11.2 Å². The first-order valence-electron chi connectivity index (χ1n) is 9.13. The molecule has 1 atom stereocenters. The monoisotopic (exact) mass is 418 g/mol. The Morgan fingerprint density at radius 2 is 2.00 bits per heavy atom. The summed E-state index contributed by atoms with van der Waals surface area (Å²) >= 11 is 4.98. The van der Waals surface area contributed by atoms with Gasteiger partial charge in [-0.1, -0.05) is 23.9 Å². The molecule has 1 aliphatic rings. The van der Waals surface area contributed by atoms with Crippen LogP contribution in [0.25, 0.3) is 0 Å². The van der Waals surface area contributed by atoms with Gasteiger partial charge in [0.25, 0.3) is 0 Å². The Bertz CT molecular complexity index is 869. The van der Waals surface area contributed by atoms with Crippen LogP contribution in [0, 0.1) is 0 Å². The Hall–Kier alpha value is -1.64. The van der Waals surface area contributed by atoms with Gasteiger partial charge in [0.1, 0.15) is 5.82 Å². The molecule has 4 rings (SSSR count). The van der Waals surface area contributed by atoms with Crippen molar-refractivity contribution in [2.45, 2.75) is 49.1 Å². The first-order valence-corrected chi connectivity index (χ1v) is 11.8. The molecule has 142 valence electrons. The van der Waals surface area contributed by atoms with Crippen LogP contribution < -0.4 is 5.32 Å². The van der Waals surface area contributed by atoms with E-state index in [4.69, 9.17) is 0 Å². The van der Waals surface area contributed by atoms with Gasteiger partial charge in [0.05, 0.1) is 5.25 Å². The molecule has 0 bridgehead atoms. The molecule has 1 aliphatic carbocycles. The second kappa shape index (κ2) is 8.58. The Morgan fingerprint density at radius 1 is 1.26 bits per heavy atom. The maximum Gasteiger partial charge on any atom is 0.233 e. The van der Waals surface area contributed by atoms with Gasteiger partial charge in [-0.3, -0.25) is 4.79 Å². The zero-order valence-electron chi connectivity index (χ0n) is 15.1. The predicted octanol–water partition coefficient (Wildman–Crippen LogP) is 4.17. The quantitative estimate of drug-likeness (QED) is 0.530. The number of hydrogen-bond donors (Lipinski definition) is 1. The Balaban J connectivity index is 1.36. The summed E-state index contributed by atoms with van der Waals surface area (Å²) in [5.41, 5.74) is 0. The van der Waals surface area contributed by atoms with Crippen LogP contribution in [0.5, 0.6) is 0 Å². The number of thioether (sulfide) groups is 1. The zero-order chi connectivity index (χ0) is 18.6. The highest BCUT2D eigenvalue weighted by Gasteiger charge is 2.31. The molecule has 0 aromatic carbocycles. The van der Waals surface area contributed by atoms with Crippen molar-refractivity contribution in [3.8, 4) is 0 Å². The van der Waals surface area contributed by atoms with Crippen LogP contribution in [0.2, 0.25) is 0 Å². The van der Waals surface area contributed by atoms with Crippen LogP contribution in [0.4, 0.5) is 0 Å². The van der Waals surface area contributed by atoms with Crippen molar-refractivity contribution in [1.29, 1.82) is 0 Å². The third kappa shape index (κ3) is 4.80. The minimum atomic E-state index is -0.190. The standard InChI is InChI=1S/C19H22N4OS3/c1-13(18(24)20-9-8-15-4-2-10-25-15)27-19-22-21-17(23(19)14-6-7-14)12-16-5-3-11-26-16/h2-5,10-11,13-14H,6-9,12H2,1H3,(H,20,24). The summed E-state index contributed by atoms with van der Waals surface area (Å²) in [5, 5.41) is 16.7. The highest BCUT2D eigenvalue weighted by Crippen LogP contribution is 2.40. The van der Waals surface area contributed by atoms with Gasteiger partial charge in [-0.15, -0.1) is 32.9 Å². The van der Waals surface area contributed by atoms with Crippen molar-refractivity contribution in [3.05, 3.63) is 50.6 Å². The molecule has 3 aromatic rings. The predicted molar refractivity (Wildman–Crippen MR) is 112 cm³/mol. The molecular weight excluding hydrogens is 396 g/mol. The number of carbonyl (C=O) groups excluding carboxylic acids is 1. The molecule has 27 heavy (non-hydrogen) atoms. The maximum absolute atomic E-state index is 12.5. The molecule has 0 radical (unpaired) electrons. The van der Waals surface area contributed by atoms with Crippen molar-refractivity contribution >= 4 is 40.3 Å². The summed E-state index contributed by atoms with van der Waals surface area (Å²) in [7, 11) is 0. The zero-order valence-corrected chi connectivity index (χ0v) is 17.6. The number of nitrogens with one attached hydrogen (secondary N) is 1. The number of thiophene rings is 2. The Labute approximate surface area is 171 Å². The Morgan fingerprint density at radius 3 is 2.67 bits per heavy atom. The van der Waals surface area contributed by atoms with Crippen LogP contribution in [0.1, 0.15) is 41.4 Å². The molecule has 0 aliphatic heterocycles. The highest BCUT2D eigenvalue weighted by atomic mass is 32.2. The van der Waals surface area contributed by atoms with E-state index in [1.807, 2.05) is 13.0 Å². The molecule has 3 aromatic heterocycles. The fourth-order valence-corrected chi connectivity index (χ4v) is 5.27. The summed E-state index contributed by atoms with van der Waals surface area (Å²) < 4.78 is 2.25. The molecule has 3 heterocycles. The van der Waals surface area contributed by atoms with Crippen LogP contribution in [0.15, 0.2) is 40.2 Å². The number of hydrogen-bond acceptors (Lipinski definition) is 6. The van der Waals surface area contributed by atoms with Gasteiger partial charge >= 0.3 is 0 Å². The molecule has 0 spiro atoms. The van der Waals surface area contributed by atoms with E-state index < -0.39 is 0 Å². The first-order chi connectivity index (χ1) is 13.2. The third-order valence-electron chi connectivity index (χ3n) is 4.46. The average molecular weight is 419 g/mol. The van der Waals surface area contributed by atoms with Gasteiger partial charge in [0.15, 0.2) is 5.16 Å². The minimum absolute atomic E-state index is 0.0571. The maximum atomic E-state index is 12.5. The Kier molecular flexibility index (Phi) is 5.95. The SMILES string of the molecule is CC(Sc1nnc(Cc2cccs2)n1C1CC1)C(=O)NCCc1cccs1. The van der Waals surface area contributed by atoms with E-state index in [9.17, 15) is 4.79 Å². The molecule has 1 amide bonds. The molecule has 8 heteroatoms. The summed E-state index contributed by atoms with van der Waals surface area (Å²) in [4.78, 5) is 15.0. The smallest absolute Gasteiger partial charge is 0.233 e.